The first-order valence-electron chi connectivity index (χ1n) is 6.40. The molecule has 3 nitrogen and oxygen atoms in total. The van der Waals surface area contributed by atoms with Crippen LogP contribution >= 0.6 is 47.8 Å². The van der Waals surface area contributed by atoms with Gasteiger partial charge in [-0.3, -0.25) is 0 Å². The molecule has 3 aromatic rings. The predicted molar refractivity (Wildman–Crippen MR) is 97.8 cm³/mol. The fraction of sp³-hybridized carbons (Fsp3) is 0.0625. The molecule has 0 aliphatic carbocycles. The Kier molecular flexibility index (Phi) is 4.18. The molecule has 0 fully saturated rings. The first-order valence-corrected chi connectivity index (χ1v) is 8.78. The quantitative estimate of drug-likeness (QED) is 0.367. The van der Waals surface area contributed by atoms with Gasteiger partial charge in [-0.1, -0.05) is 18.2 Å². The SMILES string of the molecule is Cc1cccc2cc[n+]([O-])c(-c3c(Br)cc(Br)c(O)c3Br)c12. The zero-order valence-corrected chi connectivity index (χ0v) is 16.2. The highest BCUT2D eigenvalue weighted by molar-refractivity contribution is 9.11. The van der Waals surface area contributed by atoms with Gasteiger partial charge in [-0.15, -0.1) is 0 Å². The lowest BCUT2D eigenvalue weighted by Gasteiger charge is -2.14. The van der Waals surface area contributed by atoms with E-state index in [1.165, 1.54) is 6.20 Å². The molecule has 0 saturated heterocycles. The third-order valence-electron chi connectivity index (χ3n) is 3.53. The Labute approximate surface area is 152 Å². The Morgan fingerprint density at radius 3 is 2.55 bits per heavy atom. The maximum atomic E-state index is 12.5. The topological polar surface area (TPSA) is 47.2 Å². The van der Waals surface area contributed by atoms with E-state index in [1.807, 2.05) is 25.1 Å². The smallest absolute Gasteiger partial charge is 0.234 e. The summed E-state index contributed by atoms with van der Waals surface area (Å²) in [5.41, 5.74) is 2.12. The molecular weight excluding hydrogens is 478 g/mol. The van der Waals surface area contributed by atoms with Crippen LogP contribution in [0.5, 0.6) is 5.75 Å². The van der Waals surface area contributed by atoms with Crippen LogP contribution in [-0.2, 0) is 0 Å². The molecule has 1 heterocycles. The van der Waals surface area contributed by atoms with Crippen molar-refractivity contribution in [1.29, 1.82) is 0 Å². The van der Waals surface area contributed by atoms with Crippen LogP contribution in [0.4, 0.5) is 0 Å². The molecular formula is C16H10Br3NO2. The van der Waals surface area contributed by atoms with Gasteiger partial charge >= 0.3 is 0 Å². The average molecular weight is 488 g/mol. The molecule has 0 atom stereocenters. The van der Waals surface area contributed by atoms with Gasteiger partial charge in [0.2, 0.25) is 5.69 Å². The van der Waals surface area contributed by atoms with Crippen LogP contribution in [-0.4, -0.2) is 5.11 Å². The van der Waals surface area contributed by atoms with Crippen molar-refractivity contribution in [2.75, 3.05) is 0 Å². The Balaban J connectivity index is 2.52. The molecule has 0 amide bonds. The number of pyridine rings is 1. The molecule has 0 unspecified atom stereocenters. The van der Waals surface area contributed by atoms with Gasteiger partial charge < -0.3 is 10.3 Å². The van der Waals surface area contributed by atoms with E-state index in [2.05, 4.69) is 47.8 Å². The van der Waals surface area contributed by atoms with Gasteiger partial charge in [0.15, 0.2) is 6.20 Å². The van der Waals surface area contributed by atoms with E-state index in [0.717, 1.165) is 21.1 Å². The minimum Gasteiger partial charge on any atom is -0.618 e. The average Bonchev–Trinajstić information content (AvgIpc) is 2.47. The number of aromatic nitrogens is 1. The number of phenolic OH excluding ortho intramolecular Hbond substituents is 1. The van der Waals surface area contributed by atoms with Crippen molar-refractivity contribution in [3.63, 3.8) is 0 Å². The van der Waals surface area contributed by atoms with Gasteiger partial charge in [0.1, 0.15) is 5.75 Å². The number of aromatic hydroxyl groups is 1. The van der Waals surface area contributed by atoms with E-state index in [-0.39, 0.29) is 5.75 Å². The first-order chi connectivity index (χ1) is 10.4. The number of halogens is 3. The molecule has 0 saturated carbocycles. The molecule has 0 aliphatic rings. The largest absolute Gasteiger partial charge is 0.618 e. The summed E-state index contributed by atoms with van der Waals surface area (Å²) < 4.78 is 2.55. The van der Waals surface area contributed by atoms with Crippen molar-refractivity contribution < 1.29 is 9.84 Å². The van der Waals surface area contributed by atoms with Gasteiger partial charge in [0.05, 0.1) is 19.9 Å². The number of aryl methyl sites for hydroxylation is 1. The molecule has 0 spiro atoms. The summed E-state index contributed by atoms with van der Waals surface area (Å²) in [6.07, 6.45) is 1.48. The van der Waals surface area contributed by atoms with Crippen LogP contribution in [0.25, 0.3) is 22.0 Å². The minimum atomic E-state index is 0.0591. The monoisotopic (exact) mass is 485 g/mol. The molecule has 3 rings (SSSR count). The summed E-state index contributed by atoms with van der Waals surface area (Å²) >= 11 is 10.2. The van der Waals surface area contributed by atoms with Crippen LogP contribution in [0.3, 0.4) is 0 Å². The van der Waals surface area contributed by atoms with Crippen LogP contribution in [0.2, 0.25) is 0 Å². The maximum absolute atomic E-state index is 12.5. The van der Waals surface area contributed by atoms with Crippen molar-refractivity contribution in [2.24, 2.45) is 0 Å². The molecule has 22 heavy (non-hydrogen) atoms. The molecule has 1 aromatic heterocycles. The number of nitrogens with zero attached hydrogens (tertiary/aromatic N) is 1. The number of hydrogen-bond donors (Lipinski definition) is 1. The van der Waals surface area contributed by atoms with Gasteiger partial charge in [-0.25, -0.2) is 0 Å². The normalized spacial score (nSPS) is 11.1. The summed E-state index contributed by atoms with van der Waals surface area (Å²) in [6, 6.07) is 9.41. The molecule has 2 aromatic carbocycles. The van der Waals surface area contributed by atoms with Gasteiger partial charge in [-0.05, 0) is 71.7 Å². The van der Waals surface area contributed by atoms with Crippen molar-refractivity contribution in [2.45, 2.75) is 6.92 Å². The molecule has 1 N–H and O–H groups in total. The molecule has 0 aliphatic heterocycles. The lowest BCUT2D eigenvalue weighted by Crippen LogP contribution is -2.29. The van der Waals surface area contributed by atoms with Crippen LogP contribution in [0.15, 0.2) is 49.9 Å². The van der Waals surface area contributed by atoms with Crippen molar-refractivity contribution in [3.05, 3.63) is 60.7 Å². The van der Waals surface area contributed by atoms with Crippen LogP contribution in [0, 0.1) is 12.1 Å². The van der Waals surface area contributed by atoms with Crippen LogP contribution < -0.4 is 4.73 Å². The zero-order chi connectivity index (χ0) is 16.0. The van der Waals surface area contributed by atoms with E-state index in [0.29, 0.717) is 24.7 Å². The van der Waals surface area contributed by atoms with Crippen molar-refractivity contribution in [3.8, 4) is 17.0 Å². The van der Waals surface area contributed by atoms with E-state index in [9.17, 15) is 10.3 Å². The molecule has 0 radical (unpaired) electrons. The van der Waals surface area contributed by atoms with Crippen molar-refractivity contribution >= 4 is 58.6 Å². The predicted octanol–water partition coefficient (Wildman–Crippen LogP) is 5.44. The van der Waals surface area contributed by atoms with Gasteiger partial charge in [0.25, 0.3) is 0 Å². The van der Waals surface area contributed by atoms with E-state index >= 15 is 0 Å². The zero-order valence-electron chi connectivity index (χ0n) is 11.4. The Morgan fingerprint density at radius 1 is 1.09 bits per heavy atom. The Bertz CT molecular complexity index is 910. The lowest BCUT2D eigenvalue weighted by molar-refractivity contribution is -0.592. The summed E-state index contributed by atoms with van der Waals surface area (Å²) in [6.45, 7) is 1.96. The second kappa shape index (κ2) is 5.83. The summed E-state index contributed by atoms with van der Waals surface area (Å²) in [4.78, 5) is 0. The Morgan fingerprint density at radius 2 is 1.82 bits per heavy atom. The molecule has 0 bridgehead atoms. The molecule has 6 heteroatoms. The maximum Gasteiger partial charge on any atom is 0.234 e. The van der Waals surface area contributed by atoms with Gasteiger partial charge in [0, 0.05) is 10.5 Å². The number of fused-ring (bicyclic) bond motifs is 1. The second-order valence-corrected chi connectivity index (χ2v) is 7.41. The summed E-state index contributed by atoms with van der Waals surface area (Å²) in [5, 5.41) is 24.5. The third-order valence-corrected chi connectivity index (χ3v) is 5.54. The van der Waals surface area contributed by atoms with E-state index in [1.54, 1.807) is 12.1 Å². The van der Waals surface area contributed by atoms with Crippen LogP contribution in [0.1, 0.15) is 5.56 Å². The molecule has 112 valence electrons. The second-order valence-electron chi connectivity index (χ2n) is 4.91. The van der Waals surface area contributed by atoms with Crippen molar-refractivity contribution in [1.82, 2.24) is 0 Å². The summed E-state index contributed by atoms with van der Waals surface area (Å²) in [7, 11) is 0. The fourth-order valence-electron chi connectivity index (χ4n) is 2.52. The highest BCUT2D eigenvalue weighted by Crippen LogP contribution is 2.45. The van der Waals surface area contributed by atoms with Gasteiger partial charge in [-0.2, -0.15) is 4.73 Å². The standard InChI is InChI=1S/C16H10Br3NO2/c1-8-3-2-4-9-5-6-20(22)15(12(8)9)13-10(17)7-11(18)16(21)14(13)19/h2-7,21H,1H3. The number of phenols is 1. The highest BCUT2D eigenvalue weighted by atomic mass is 79.9. The third kappa shape index (κ3) is 2.43. The summed E-state index contributed by atoms with van der Waals surface area (Å²) in [5.74, 6) is 0.0591. The minimum absolute atomic E-state index is 0.0591. The first kappa shape index (κ1) is 15.8. The fourth-order valence-corrected chi connectivity index (χ4v) is 5.01. The number of benzene rings is 2. The number of rotatable bonds is 1. The van der Waals surface area contributed by atoms with E-state index in [4.69, 9.17) is 0 Å². The Hall–Kier alpha value is -1.11. The number of hydrogen-bond acceptors (Lipinski definition) is 2. The highest BCUT2D eigenvalue weighted by Gasteiger charge is 2.24. The van der Waals surface area contributed by atoms with E-state index < -0.39 is 0 Å². The lowest BCUT2D eigenvalue weighted by atomic mass is 10.00.